The van der Waals surface area contributed by atoms with E-state index in [1.54, 1.807) is 13.8 Å². The fourth-order valence-corrected chi connectivity index (χ4v) is 2.13. The number of rotatable bonds is 4. The molecule has 0 unspecified atom stereocenters. The van der Waals surface area contributed by atoms with Crippen LogP contribution in [-0.2, 0) is 9.63 Å². The highest BCUT2D eigenvalue weighted by Crippen LogP contribution is 2.06. The van der Waals surface area contributed by atoms with E-state index in [0.717, 1.165) is 12.3 Å². The quantitative estimate of drug-likeness (QED) is 0.479. The maximum atomic E-state index is 11.5. The van der Waals surface area contributed by atoms with Crippen molar-refractivity contribution in [2.75, 3.05) is 19.7 Å². The van der Waals surface area contributed by atoms with Gasteiger partial charge in [0.1, 0.15) is 12.3 Å². The second-order valence-electron chi connectivity index (χ2n) is 5.49. The van der Waals surface area contributed by atoms with Gasteiger partial charge in [0.25, 0.3) is 0 Å². The van der Waals surface area contributed by atoms with Crippen LogP contribution >= 0.6 is 0 Å². The van der Waals surface area contributed by atoms with Gasteiger partial charge in [-0.1, -0.05) is 24.9 Å². The number of oxime groups is 1. The summed E-state index contributed by atoms with van der Waals surface area (Å²) in [6, 6.07) is 0.375. The van der Waals surface area contributed by atoms with Crippen LogP contribution in [-0.4, -0.2) is 48.3 Å². The fraction of sp³-hybridized carbons (Fsp3) is 0.733. The first-order valence-electron chi connectivity index (χ1n) is 7.08. The zero-order valence-electron chi connectivity index (χ0n) is 13.1. The van der Waals surface area contributed by atoms with Crippen molar-refractivity contribution in [1.82, 2.24) is 10.2 Å². The Morgan fingerprint density at radius 2 is 2.20 bits per heavy atom. The standard InChI is InChI=1S/C15H25N3O2/c1-6-7-15(11(2)3)17-20-10-14-9-18(13(5)19)8-12(4)16-14/h11-12,14,16H,8-10H2,1-5H3/b17-15+/t12-,14-/m1/s1. The Morgan fingerprint density at radius 3 is 2.75 bits per heavy atom. The smallest absolute Gasteiger partial charge is 0.219 e. The van der Waals surface area contributed by atoms with Crippen molar-refractivity contribution >= 4 is 11.6 Å². The van der Waals surface area contributed by atoms with Gasteiger partial charge >= 0.3 is 0 Å². The predicted molar refractivity (Wildman–Crippen MR) is 80.3 cm³/mol. The zero-order chi connectivity index (χ0) is 15.1. The normalized spacial score (nSPS) is 23.3. The minimum atomic E-state index is 0.103. The van der Waals surface area contributed by atoms with Crippen LogP contribution in [0, 0.1) is 17.8 Å². The molecular weight excluding hydrogens is 254 g/mol. The van der Waals surface area contributed by atoms with Gasteiger partial charge in [0.05, 0.1) is 6.04 Å². The molecule has 2 atom stereocenters. The number of piperazine rings is 1. The van der Waals surface area contributed by atoms with E-state index in [-0.39, 0.29) is 23.9 Å². The summed E-state index contributed by atoms with van der Waals surface area (Å²) < 4.78 is 0. The molecule has 1 N–H and O–H groups in total. The molecular formula is C15H25N3O2. The lowest BCUT2D eigenvalue weighted by Gasteiger charge is -2.36. The average molecular weight is 279 g/mol. The molecule has 1 rings (SSSR count). The van der Waals surface area contributed by atoms with Crippen LogP contribution in [0.2, 0.25) is 0 Å². The van der Waals surface area contributed by atoms with Crippen LogP contribution in [0.5, 0.6) is 0 Å². The molecule has 0 saturated carbocycles. The van der Waals surface area contributed by atoms with Crippen molar-refractivity contribution in [3.63, 3.8) is 0 Å². The van der Waals surface area contributed by atoms with E-state index in [9.17, 15) is 4.79 Å². The SMILES string of the molecule is CC#C/C(=N\OC[C@H]1CN(C(C)=O)C[C@@H](C)N1)C(C)C. The first-order chi connectivity index (χ1) is 9.43. The van der Waals surface area contributed by atoms with Gasteiger partial charge in [-0.25, -0.2) is 0 Å². The van der Waals surface area contributed by atoms with E-state index in [1.807, 2.05) is 18.7 Å². The van der Waals surface area contributed by atoms with Crippen LogP contribution in [0.3, 0.4) is 0 Å². The van der Waals surface area contributed by atoms with E-state index in [2.05, 4.69) is 29.2 Å². The summed E-state index contributed by atoms with van der Waals surface area (Å²) in [5.74, 6) is 6.13. The van der Waals surface area contributed by atoms with Crippen molar-refractivity contribution in [2.45, 2.75) is 46.7 Å². The van der Waals surface area contributed by atoms with Gasteiger partial charge in [-0.3, -0.25) is 4.79 Å². The number of amides is 1. The van der Waals surface area contributed by atoms with Gasteiger partial charge in [0.2, 0.25) is 5.91 Å². The van der Waals surface area contributed by atoms with Crippen molar-refractivity contribution in [3.05, 3.63) is 0 Å². The highest BCUT2D eigenvalue weighted by Gasteiger charge is 2.25. The number of nitrogens with one attached hydrogen (secondary N) is 1. The molecule has 0 bridgehead atoms. The molecule has 1 aliphatic rings. The molecule has 1 aliphatic heterocycles. The number of carbonyl (C=O) groups excluding carboxylic acids is 1. The summed E-state index contributed by atoms with van der Waals surface area (Å²) in [6.07, 6.45) is 0. The number of carbonyl (C=O) groups is 1. The Hall–Kier alpha value is -1.54. The summed E-state index contributed by atoms with van der Waals surface area (Å²) in [6.45, 7) is 11.4. The van der Waals surface area contributed by atoms with Gasteiger partial charge in [-0.2, -0.15) is 0 Å². The summed E-state index contributed by atoms with van der Waals surface area (Å²) in [5, 5.41) is 7.51. The lowest BCUT2D eigenvalue weighted by molar-refractivity contribution is -0.131. The number of hydrogen-bond acceptors (Lipinski definition) is 4. The Labute approximate surface area is 121 Å². The maximum Gasteiger partial charge on any atom is 0.219 e. The molecule has 0 radical (unpaired) electrons. The molecule has 0 aromatic heterocycles. The average Bonchev–Trinajstić information content (AvgIpc) is 2.36. The zero-order valence-corrected chi connectivity index (χ0v) is 13.1. The predicted octanol–water partition coefficient (Wildman–Crippen LogP) is 1.25. The summed E-state index contributed by atoms with van der Waals surface area (Å²) in [4.78, 5) is 18.7. The molecule has 0 aromatic rings. The molecule has 0 spiro atoms. The molecule has 5 nitrogen and oxygen atoms in total. The first-order valence-corrected chi connectivity index (χ1v) is 7.08. The van der Waals surface area contributed by atoms with Crippen LogP contribution in [0.25, 0.3) is 0 Å². The minimum Gasteiger partial charge on any atom is -0.393 e. The molecule has 20 heavy (non-hydrogen) atoms. The number of hydrogen-bond donors (Lipinski definition) is 1. The molecule has 1 saturated heterocycles. The second-order valence-corrected chi connectivity index (χ2v) is 5.49. The Bertz CT molecular complexity index is 421. The maximum absolute atomic E-state index is 11.5. The lowest BCUT2D eigenvalue weighted by atomic mass is 10.1. The van der Waals surface area contributed by atoms with Gasteiger partial charge in [-0.15, -0.1) is 0 Å². The van der Waals surface area contributed by atoms with Crippen LogP contribution in [0.15, 0.2) is 5.16 Å². The monoisotopic (exact) mass is 279 g/mol. The van der Waals surface area contributed by atoms with E-state index in [1.165, 1.54) is 0 Å². The fourth-order valence-electron chi connectivity index (χ4n) is 2.13. The molecule has 0 aromatic carbocycles. The van der Waals surface area contributed by atoms with Crippen LogP contribution < -0.4 is 5.32 Å². The van der Waals surface area contributed by atoms with Crippen molar-refractivity contribution in [3.8, 4) is 11.8 Å². The molecule has 5 heteroatoms. The second kappa shape index (κ2) is 7.91. The third-order valence-electron chi connectivity index (χ3n) is 3.14. The van der Waals surface area contributed by atoms with Gasteiger partial charge < -0.3 is 15.1 Å². The largest absolute Gasteiger partial charge is 0.393 e. The first kappa shape index (κ1) is 16.5. The van der Waals surface area contributed by atoms with Crippen molar-refractivity contribution in [1.29, 1.82) is 0 Å². The Balaban J connectivity index is 2.53. The van der Waals surface area contributed by atoms with E-state index >= 15 is 0 Å². The van der Waals surface area contributed by atoms with Crippen molar-refractivity contribution < 1.29 is 9.63 Å². The van der Waals surface area contributed by atoms with E-state index in [0.29, 0.717) is 13.2 Å². The molecule has 1 fully saturated rings. The van der Waals surface area contributed by atoms with Gasteiger partial charge in [0.15, 0.2) is 0 Å². The molecule has 1 amide bonds. The van der Waals surface area contributed by atoms with Gasteiger partial charge in [0, 0.05) is 32.0 Å². The van der Waals surface area contributed by atoms with Gasteiger partial charge in [-0.05, 0) is 19.8 Å². The van der Waals surface area contributed by atoms with Crippen LogP contribution in [0.4, 0.5) is 0 Å². The minimum absolute atomic E-state index is 0.103. The molecule has 0 aliphatic carbocycles. The summed E-state index contributed by atoms with van der Waals surface area (Å²) >= 11 is 0. The summed E-state index contributed by atoms with van der Waals surface area (Å²) in [7, 11) is 0. The highest BCUT2D eigenvalue weighted by atomic mass is 16.6. The molecule has 1 heterocycles. The highest BCUT2D eigenvalue weighted by molar-refractivity contribution is 6.01. The molecule has 112 valence electrons. The third-order valence-corrected chi connectivity index (χ3v) is 3.14. The Morgan fingerprint density at radius 1 is 1.50 bits per heavy atom. The van der Waals surface area contributed by atoms with Crippen LogP contribution in [0.1, 0.15) is 34.6 Å². The lowest BCUT2D eigenvalue weighted by Crippen LogP contribution is -2.57. The van der Waals surface area contributed by atoms with Crippen molar-refractivity contribution in [2.24, 2.45) is 11.1 Å². The topological polar surface area (TPSA) is 53.9 Å². The van der Waals surface area contributed by atoms with E-state index in [4.69, 9.17) is 4.84 Å². The summed E-state index contributed by atoms with van der Waals surface area (Å²) in [5.41, 5.74) is 0.750. The number of nitrogens with zero attached hydrogens (tertiary/aromatic N) is 2. The third kappa shape index (κ3) is 5.22. The van der Waals surface area contributed by atoms with E-state index < -0.39 is 0 Å². The Kier molecular flexibility index (Phi) is 6.53.